The van der Waals surface area contributed by atoms with Gasteiger partial charge in [0.25, 0.3) is 11.6 Å². The molecule has 2 aromatic rings. The Labute approximate surface area is 150 Å². The molecule has 0 saturated carbocycles. The zero-order valence-electron chi connectivity index (χ0n) is 13.6. The molecule has 1 aliphatic rings. The highest BCUT2D eigenvalue weighted by molar-refractivity contribution is 6.30. The number of nitro groups is 1. The van der Waals surface area contributed by atoms with Gasteiger partial charge in [-0.25, -0.2) is 0 Å². The van der Waals surface area contributed by atoms with Gasteiger partial charge >= 0.3 is 0 Å². The predicted molar refractivity (Wildman–Crippen MR) is 95.7 cm³/mol. The molecule has 130 valence electrons. The number of halogens is 1. The molecule has 0 spiro atoms. The van der Waals surface area contributed by atoms with Gasteiger partial charge in [0.15, 0.2) is 0 Å². The maximum Gasteiger partial charge on any atom is 0.282 e. The number of hydrogen-bond donors (Lipinski definition) is 0. The Balaban J connectivity index is 1.61. The van der Waals surface area contributed by atoms with E-state index in [1.165, 1.54) is 17.7 Å². The van der Waals surface area contributed by atoms with Crippen molar-refractivity contribution >= 4 is 23.2 Å². The second-order valence-electron chi connectivity index (χ2n) is 5.97. The molecule has 0 atom stereocenters. The summed E-state index contributed by atoms with van der Waals surface area (Å²) < 4.78 is 0. The van der Waals surface area contributed by atoms with Crippen molar-refractivity contribution in [2.45, 2.75) is 6.54 Å². The molecule has 0 bridgehead atoms. The topological polar surface area (TPSA) is 66.7 Å². The molecule has 1 fully saturated rings. The Morgan fingerprint density at radius 2 is 1.68 bits per heavy atom. The maximum absolute atomic E-state index is 12.6. The van der Waals surface area contributed by atoms with Crippen LogP contribution in [0.2, 0.25) is 5.02 Å². The van der Waals surface area contributed by atoms with Crippen molar-refractivity contribution in [3.05, 3.63) is 74.8 Å². The minimum atomic E-state index is -0.510. The van der Waals surface area contributed by atoms with Crippen LogP contribution in [0.5, 0.6) is 0 Å². The van der Waals surface area contributed by atoms with Crippen LogP contribution in [0.3, 0.4) is 0 Å². The van der Waals surface area contributed by atoms with Crippen molar-refractivity contribution in [3.8, 4) is 0 Å². The van der Waals surface area contributed by atoms with Gasteiger partial charge in [0, 0.05) is 43.8 Å². The summed E-state index contributed by atoms with van der Waals surface area (Å²) in [5.41, 5.74) is 1.18. The predicted octanol–water partition coefficient (Wildman–Crippen LogP) is 3.21. The zero-order valence-corrected chi connectivity index (χ0v) is 14.4. The van der Waals surface area contributed by atoms with Gasteiger partial charge < -0.3 is 4.90 Å². The number of nitro benzene ring substituents is 1. The lowest BCUT2D eigenvalue weighted by Gasteiger charge is -2.34. The number of benzene rings is 2. The summed E-state index contributed by atoms with van der Waals surface area (Å²) in [7, 11) is 0. The SMILES string of the molecule is O=C(c1ccccc1[N+](=O)[O-])N1CCN(Cc2ccc(Cl)cc2)CC1. The van der Waals surface area contributed by atoms with E-state index < -0.39 is 4.92 Å². The standard InChI is InChI=1S/C18H18ClN3O3/c19-15-7-5-14(6-8-15)13-20-9-11-21(12-10-20)18(23)16-3-1-2-4-17(16)22(24)25/h1-8H,9-13H2. The van der Waals surface area contributed by atoms with Crippen molar-refractivity contribution in [2.75, 3.05) is 26.2 Å². The quantitative estimate of drug-likeness (QED) is 0.621. The van der Waals surface area contributed by atoms with Crippen molar-refractivity contribution in [1.29, 1.82) is 0 Å². The highest BCUT2D eigenvalue weighted by Crippen LogP contribution is 2.21. The molecule has 6 nitrogen and oxygen atoms in total. The lowest BCUT2D eigenvalue weighted by Crippen LogP contribution is -2.48. The van der Waals surface area contributed by atoms with Crippen molar-refractivity contribution in [1.82, 2.24) is 9.80 Å². The third kappa shape index (κ3) is 4.15. The molecule has 0 N–H and O–H groups in total. The van der Waals surface area contributed by atoms with Gasteiger partial charge in [0.05, 0.1) is 4.92 Å². The summed E-state index contributed by atoms with van der Waals surface area (Å²) in [6.07, 6.45) is 0. The van der Waals surface area contributed by atoms with Crippen LogP contribution in [-0.4, -0.2) is 46.8 Å². The molecular weight excluding hydrogens is 342 g/mol. The van der Waals surface area contributed by atoms with Crippen LogP contribution in [-0.2, 0) is 6.54 Å². The fraction of sp³-hybridized carbons (Fsp3) is 0.278. The van der Waals surface area contributed by atoms with Gasteiger partial charge in [-0.1, -0.05) is 35.9 Å². The van der Waals surface area contributed by atoms with E-state index in [1.807, 2.05) is 24.3 Å². The number of nitrogens with zero attached hydrogens (tertiary/aromatic N) is 3. The summed E-state index contributed by atoms with van der Waals surface area (Å²) in [5.74, 6) is -0.279. The van der Waals surface area contributed by atoms with Crippen LogP contribution in [0.4, 0.5) is 5.69 Å². The van der Waals surface area contributed by atoms with Gasteiger partial charge in [-0.05, 0) is 23.8 Å². The van der Waals surface area contributed by atoms with Crippen molar-refractivity contribution < 1.29 is 9.72 Å². The van der Waals surface area contributed by atoms with E-state index in [9.17, 15) is 14.9 Å². The van der Waals surface area contributed by atoms with Gasteiger partial charge in [-0.2, -0.15) is 0 Å². The van der Waals surface area contributed by atoms with Crippen molar-refractivity contribution in [2.24, 2.45) is 0 Å². The lowest BCUT2D eigenvalue weighted by atomic mass is 10.1. The van der Waals surface area contributed by atoms with E-state index in [2.05, 4.69) is 4.90 Å². The fourth-order valence-electron chi connectivity index (χ4n) is 2.94. The monoisotopic (exact) mass is 359 g/mol. The van der Waals surface area contributed by atoms with Gasteiger partial charge in [-0.3, -0.25) is 19.8 Å². The smallest absolute Gasteiger partial charge is 0.282 e. The van der Waals surface area contributed by atoms with Gasteiger partial charge in [-0.15, -0.1) is 0 Å². The zero-order chi connectivity index (χ0) is 17.8. The summed E-state index contributed by atoms with van der Waals surface area (Å²) in [5, 5.41) is 11.8. The number of rotatable bonds is 4. The Bertz CT molecular complexity index is 771. The van der Waals surface area contributed by atoms with Crippen LogP contribution in [0.25, 0.3) is 0 Å². The number of para-hydroxylation sites is 1. The molecule has 1 aliphatic heterocycles. The number of piperazine rings is 1. The fourth-order valence-corrected chi connectivity index (χ4v) is 3.07. The van der Waals surface area contributed by atoms with Crippen LogP contribution in [0.15, 0.2) is 48.5 Å². The van der Waals surface area contributed by atoms with E-state index in [-0.39, 0.29) is 17.2 Å². The van der Waals surface area contributed by atoms with E-state index in [1.54, 1.807) is 17.0 Å². The third-order valence-electron chi connectivity index (χ3n) is 4.31. The Kier molecular flexibility index (Phi) is 5.31. The molecule has 1 saturated heterocycles. The summed E-state index contributed by atoms with van der Waals surface area (Å²) in [4.78, 5) is 27.1. The minimum Gasteiger partial charge on any atom is -0.336 e. The van der Waals surface area contributed by atoms with E-state index in [0.717, 1.165) is 19.6 Å². The molecule has 0 unspecified atom stereocenters. The first-order chi connectivity index (χ1) is 12.0. The minimum absolute atomic E-state index is 0.143. The lowest BCUT2D eigenvalue weighted by molar-refractivity contribution is -0.385. The maximum atomic E-state index is 12.6. The number of hydrogen-bond acceptors (Lipinski definition) is 4. The van der Waals surface area contributed by atoms with Crippen molar-refractivity contribution in [3.63, 3.8) is 0 Å². The van der Waals surface area contributed by atoms with E-state index >= 15 is 0 Å². The largest absolute Gasteiger partial charge is 0.336 e. The average Bonchev–Trinajstić information content (AvgIpc) is 2.63. The number of amides is 1. The first-order valence-electron chi connectivity index (χ1n) is 8.04. The van der Waals surface area contributed by atoms with Crippen LogP contribution >= 0.6 is 11.6 Å². The molecular formula is C18H18ClN3O3. The normalized spacial score (nSPS) is 15.2. The van der Waals surface area contributed by atoms with E-state index in [0.29, 0.717) is 18.1 Å². The second kappa shape index (κ2) is 7.63. The van der Waals surface area contributed by atoms with Gasteiger partial charge in [0.2, 0.25) is 0 Å². The average molecular weight is 360 g/mol. The van der Waals surface area contributed by atoms with Gasteiger partial charge in [0.1, 0.15) is 5.56 Å². The Morgan fingerprint density at radius 3 is 2.32 bits per heavy atom. The van der Waals surface area contributed by atoms with Crippen LogP contribution in [0, 0.1) is 10.1 Å². The molecule has 1 amide bonds. The molecule has 25 heavy (non-hydrogen) atoms. The number of carbonyl (C=O) groups excluding carboxylic acids is 1. The molecule has 0 aliphatic carbocycles. The highest BCUT2D eigenvalue weighted by Gasteiger charge is 2.27. The second-order valence-corrected chi connectivity index (χ2v) is 6.41. The number of carbonyl (C=O) groups is 1. The highest BCUT2D eigenvalue weighted by atomic mass is 35.5. The molecule has 0 radical (unpaired) electrons. The third-order valence-corrected chi connectivity index (χ3v) is 4.56. The molecule has 0 aromatic heterocycles. The van der Waals surface area contributed by atoms with E-state index in [4.69, 9.17) is 11.6 Å². The van der Waals surface area contributed by atoms with Crippen LogP contribution < -0.4 is 0 Å². The summed E-state index contributed by atoms with van der Waals surface area (Å²) in [6.45, 7) is 3.37. The van der Waals surface area contributed by atoms with Crippen LogP contribution in [0.1, 0.15) is 15.9 Å². The Hall–Kier alpha value is -2.44. The summed E-state index contributed by atoms with van der Waals surface area (Å²) in [6, 6.07) is 13.8. The molecule has 1 heterocycles. The molecule has 3 rings (SSSR count). The first-order valence-corrected chi connectivity index (χ1v) is 8.42. The first kappa shape index (κ1) is 17.4. The summed E-state index contributed by atoms with van der Waals surface area (Å²) >= 11 is 5.90. The molecule has 2 aromatic carbocycles. The molecule has 7 heteroatoms. The Morgan fingerprint density at radius 1 is 1.04 bits per heavy atom.